The summed E-state index contributed by atoms with van der Waals surface area (Å²) in [7, 11) is 0. The van der Waals surface area contributed by atoms with Crippen LogP contribution in [-0.2, 0) is 11.3 Å². The zero-order valence-electron chi connectivity index (χ0n) is 10.8. The van der Waals surface area contributed by atoms with Crippen LogP contribution in [0.25, 0.3) is 0 Å². The predicted octanol–water partition coefficient (Wildman–Crippen LogP) is 2.69. The fourth-order valence-corrected chi connectivity index (χ4v) is 2.34. The minimum Gasteiger partial charge on any atom is -0.410 e. The van der Waals surface area contributed by atoms with Gasteiger partial charge in [0.15, 0.2) is 5.71 Å². The van der Waals surface area contributed by atoms with E-state index in [0.29, 0.717) is 11.3 Å². The van der Waals surface area contributed by atoms with Crippen LogP contribution in [-0.4, -0.2) is 16.8 Å². The normalized spacial score (nSPS) is 15.6. The average molecular weight is 288 g/mol. The Hall–Kier alpha value is -2.76. The third kappa shape index (κ3) is 2.14. The topological polar surface area (TPSA) is 52.9 Å². The number of carbonyl (C=O) groups is 1. The maximum absolute atomic E-state index is 13.7. The number of anilines is 1. The van der Waals surface area contributed by atoms with Crippen molar-refractivity contribution in [2.75, 3.05) is 4.90 Å². The Morgan fingerprint density at radius 2 is 1.90 bits per heavy atom. The van der Waals surface area contributed by atoms with E-state index < -0.39 is 17.5 Å². The second kappa shape index (κ2) is 4.97. The van der Waals surface area contributed by atoms with E-state index in [-0.39, 0.29) is 17.8 Å². The molecule has 1 heterocycles. The molecule has 2 aromatic rings. The summed E-state index contributed by atoms with van der Waals surface area (Å²) >= 11 is 0. The van der Waals surface area contributed by atoms with Crippen molar-refractivity contribution in [1.82, 2.24) is 0 Å². The molecule has 0 aromatic heterocycles. The zero-order chi connectivity index (χ0) is 15.0. The number of carbonyl (C=O) groups excluding carboxylic acids is 1. The Kier molecular flexibility index (Phi) is 3.13. The molecular formula is C15H10F2N2O2. The van der Waals surface area contributed by atoms with Gasteiger partial charge >= 0.3 is 0 Å². The van der Waals surface area contributed by atoms with E-state index in [9.17, 15) is 13.6 Å². The molecule has 0 radical (unpaired) electrons. The van der Waals surface area contributed by atoms with Crippen molar-refractivity contribution in [3.05, 3.63) is 65.2 Å². The van der Waals surface area contributed by atoms with E-state index in [1.807, 2.05) is 0 Å². The lowest BCUT2D eigenvalue weighted by atomic mass is 10.1. The van der Waals surface area contributed by atoms with E-state index >= 15 is 0 Å². The first-order valence-corrected chi connectivity index (χ1v) is 6.19. The highest BCUT2D eigenvalue weighted by molar-refractivity contribution is 6.54. The molecular weight excluding hydrogens is 278 g/mol. The SMILES string of the molecule is O=C1/C(=N\O)c2cc(F)ccc2N1Cc1ccccc1F. The van der Waals surface area contributed by atoms with Crippen LogP contribution in [0.15, 0.2) is 47.6 Å². The van der Waals surface area contributed by atoms with Crippen molar-refractivity contribution in [3.63, 3.8) is 0 Å². The van der Waals surface area contributed by atoms with E-state index in [1.165, 1.54) is 23.1 Å². The van der Waals surface area contributed by atoms with Gasteiger partial charge in [0.05, 0.1) is 12.2 Å². The summed E-state index contributed by atoms with van der Waals surface area (Å²) in [5.41, 5.74) is 0.650. The van der Waals surface area contributed by atoms with Gasteiger partial charge in [-0.25, -0.2) is 8.78 Å². The highest BCUT2D eigenvalue weighted by Crippen LogP contribution is 2.31. The lowest BCUT2D eigenvalue weighted by Crippen LogP contribution is -2.29. The molecule has 1 amide bonds. The van der Waals surface area contributed by atoms with Gasteiger partial charge < -0.3 is 10.1 Å². The molecule has 1 N–H and O–H groups in total. The van der Waals surface area contributed by atoms with Crippen molar-refractivity contribution >= 4 is 17.3 Å². The van der Waals surface area contributed by atoms with Gasteiger partial charge in [0.1, 0.15) is 11.6 Å². The molecule has 0 spiro atoms. The van der Waals surface area contributed by atoms with Gasteiger partial charge in [-0.15, -0.1) is 0 Å². The second-order valence-corrected chi connectivity index (χ2v) is 4.59. The van der Waals surface area contributed by atoms with E-state index in [1.54, 1.807) is 18.2 Å². The Morgan fingerprint density at radius 3 is 2.62 bits per heavy atom. The van der Waals surface area contributed by atoms with Crippen LogP contribution >= 0.6 is 0 Å². The molecule has 6 heteroatoms. The monoisotopic (exact) mass is 288 g/mol. The molecule has 2 aromatic carbocycles. The lowest BCUT2D eigenvalue weighted by molar-refractivity contribution is -0.112. The molecule has 0 fully saturated rings. The van der Waals surface area contributed by atoms with E-state index in [4.69, 9.17) is 5.21 Å². The number of benzene rings is 2. The highest BCUT2D eigenvalue weighted by atomic mass is 19.1. The van der Waals surface area contributed by atoms with Crippen LogP contribution in [0.3, 0.4) is 0 Å². The molecule has 1 aliphatic rings. The molecule has 106 valence electrons. The predicted molar refractivity (Wildman–Crippen MR) is 72.3 cm³/mol. The molecule has 0 bridgehead atoms. The molecule has 0 saturated heterocycles. The molecule has 21 heavy (non-hydrogen) atoms. The fourth-order valence-electron chi connectivity index (χ4n) is 2.34. The van der Waals surface area contributed by atoms with Crippen LogP contribution in [0.1, 0.15) is 11.1 Å². The summed E-state index contributed by atoms with van der Waals surface area (Å²) in [5, 5.41) is 11.9. The van der Waals surface area contributed by atoms with Gasteiger partial charge in [-0.2, -0.15) is 0 Å². The standard InChI is InChI=1S/C15H10F2N2O2/c16-10-5-6-13-11(7-10)14(18-21)15(20)19(13)8-9-3-1-2-4-12(9)17/h1-7,21H,8H2/b18-14-. The van der Waals surface area contributed by atoms with Crippen LogP contribution < -0.4 is 4.90 Å². The van der Waals surface area contributed by atoms with Gasteiger partial charge in [-0.1, -0.05) is 23.4 Å². The van der Waals surface area contributed by atoms with Crippen LogP contribution in [0.2, 0.25) is 0 Å². The van der Waals surface area contributed by atoms with Crippen LogP contribution in [0.5, 0.6) is 0 Å². The van der Waals surface area contributed by atoms with Gasteiger partial charge in [-0.05, 0) is 24.3 Å². The third-order valence-corrected chi connectivity index (χ3v) is 3.34. The third-order valence-electron chi connectivity index (χ3n) is 3.34. The lowest BCUT2D eigenvalue weighted by Gasteiger charge is -2.17. The van der Waals surface area contributed by atoms with E-state index in [0.717, 1.165) is 6.07 Å². The summed E-state index contributed by atoms with van der Waals surface area (Å²) in [6, 6.07) is 9.77. The summed E-state index contributed by atoms with van der Waals surface area (Å²) in [6.07, 6.45) is 0. The second-order valence-electron chi connectivity index (χ2n) is 4.59. The van der Waals surface area contributed by atoms with Crippen LogP contribution in [0, 0.1) is 11.6 Å². The molecule has 4 nitrogen and oxygen atoms in total. The molecule has 3 rings (SSSR count). The minimum atomic E-state index is -0.596. The number of nitrogens with zero attached hydrogens (tertiary/aromatic N) is 2. The Balaban J connectivity index is 2.05. The van der Waals surface area contributed by atoms with Crippen molar-refractivity contribution < 1.29 is 18.8 Å². The molecule has 0 aliphatic carbocycles. The maximum Gasteiger partial charge on any atom is 0.281 e. The fraction of sp³-hybridized carbons (Fsp3) is 0.0667. The number of hydrogen-bond acceptors (Lipinski definition) is 3. The van der Waals surface area contributed by atoms with Gasteiger partial charge in [0.2, 0.25) is 0 Å². The molecule has 1 aliphatic heterocycles. The molecule has 0 atom stereocenters. The molecule has 0 unspecified atom stereocenters. The quantitative estimate of drug-likeness (QED) is 0.682. The summed E-state index contributed by atoms with van der Waals surface area (Å²) < 4.78 is 27.0. The Bertz CT molecular complexity index is 759. The van der Waals surface area contributed by atoms with Crippen molar-refractivity contribution in [1.29, 1.82) is 0 Å². The van der Waals surface area contributed by atoms with Gasteiger partial charge in [0, 0.05) is 11.1 Å². The number of oxime groups is 1. The van der Waals surface area contributed by atoms with Crippen molar-refractivity contribution in [2.24, 2.45) is 5.16 Å². The number of hydrogen-bond donors (Lipinski definition) is 1. The largest absolute Gasteiger partial charge is 0.410 e. The molecule has 0 saturated carbocycles. The van der Waals surface area contributed by atoms with Gasteiger partial charge in [0.25, 0.3) is 5.91 Å². The summed E-state index contributed by atoms with van der Waals surface area (Å²) in [5.74, 6) is -1.58. The summed E-state index contributed by atoms with van der Waals surface area (Å²) in [6.45, 7) is -0.0246. The van der Waals surface area contributed by atoms with Gasteiger partial charge in [-0.3, -0.25) is 4.79 Å². The number of fused-ring (bicyclic) bond motifs is 1. The van der Waals surface area contributed by atoms with Crippen LogP contribution in [0.4, 0.5) is 14.5 Å². The average Bonchev–Trinajstić information content (AvgIpc) is 2.73. The Labute approximate surface area is 118 Å². The summed E-state index contributed by atoms with van der Waals surface area (Å²) in [4.78, 5) is 13.5. The number of rotatable bonds is 2. The number of amides is 1. The number of halogens is 2. The van der Waals surface area contributed by atoms with E-state index in [2.05, 4.69) is 5.16 Å². The Morgan fingerprint density at radius 1 is 1.14 bits per heavy atom. The van der Waals surface area contributed by atoms with Crippen molar-refractivity contribution in [3.8, 4) is 0 Å². The smallest absolute Gasteiger partial charge is 0.281 e. The highest BCUT2D eigenvalue weighted by Gasteiger charge is 2.35. The maximum atomic E-state index is 13.7. The first-order valence-electron chi connectivity index (χ1n) is 6.19. The van der Waals surface area contributed by atoms with Crippen molar-refractivity contribution in [2.45, 2.75) is 6.54 Å². The zero-order valence-corrected chi connectivity index (χ0v) is 10.8. The minimum absolute atomic E-state index is 0.0246. The first kappa shape index (κ1) is 13.2. The first-order chi connectivity index (χ1) is 10.1.